The van der Waals surface area contributed by atoms with E-state index in [1.54, 1.807) is 0 Å². The maximum Gasteiger partial charge on any atom is 0.410 e. The fourth-order valence-corrected chi connectivity index (χ4v) is 5.17. The van der Waals surface area contributed by atoms with Gasteiger partial charge in [0, 0.05) is 38.0 Å². The van der Waals surface area contributed by atoms with Crippen LogP contribution >= 0.6 is 0 Å². The molecule has 0 bridgehead atoms. The molecular weight excluding hydrogens is 388 g/mol. The van der Waals surface area contributed by atoms with Gasteiger partial charge in [-0.25, -0.2) is 9.48 Å². The number of nitrogens with one attached hydrogen (secondary N) is 1. The minimum Gasteiger partial charge on any atom is -0.444 e. The summed E-state index contributed by atoms with van der Waals surface area (Å²) >= 11 is 0. The zero-order chi connectivity index (χ0) is 21.8. The topological polar surface area (TPSA) is 59.4 Å². The van der Waals surface area contributed by atoms with E-state index in [1.165, 1.54) is 47.3 Å². The van der Waals surface area contributed by atoms with Gasteiger partial charge < -0.3 is 10.1 Å². The van der Waals surface area contributed by atoms with Crippen LogP contribution in [0.1, 0.15) is 80.1 Å². The number of ether oxygens (including phenoxy) is 1. The van der Waals surface area contributed by atoms with Crippen molar-refractivity contribution in [3.05, 3.63) is 46.3 Å². The van der Waals surface area contributed by atoms with Gasteiger partial charge in [-0.05, 0) is 63.6 Å². The van der Waals surface area contributed by atoms with Gasteiger partial charge in [0.1, 0.15) is 5.60 Å². The fourth-order valence-electron chi connectivity index (χ4n) is 5.17. The predicted octanol–water partition coefficient (Wildman–Crippen LogP) is 4.43. The van der Waals surface area contributed by atoms with Crippen molar-refractivity contribution in [2.24, 2.45) is 0 Å². The van der Waals surface area contributed by atoms with Gasteiger partial charge >= 0.3 is 6.09 Å². The molecule has 6 nitrogen and oxygen atoms in total. The zero-order valence-electron chi connectivity index (χ0n) is 19.2. The molecule has 3 heterocycles. The van der Waals surface area contributed by atoms with E-state index < -0.39 is 5.60 Å². The molecule has 0 spiro atoms. The van der Waals surface area contributed by atoms with Crippen LogP contribution in [0.5, 0.6) is 0 Å². The smallest absolute Gasteiger partial charge is 0.410 e. The highest BCUT2D eigenvalue weighted by molar-refractivity contribution is 5.70. The van der Waals surface area contributed by atoms with Crippen molar-refractivity contribution in [1.29, 1.82) is 0 Å². The molecule has 1 aliphatic carbocycles. The summed E-state index contributed by atoms with van der Waals surface area (Å²) in [5.74, 6) is 0.735. The number of rotatable bonds is 2. The third-order valence-corrected chi connectivity index (χ3v) is 6.93. The highest BCUT2D eigenvalue weighted by Gasteiger charge is 2.39. The van der Waals surface area contributed by atoms with Crippen molar-refractivity contribution in [3.63, 3.8) is 0 Å². The largest absolute Gasteiger partial charge is 0.444 e. The van der Waals surface area contributed by atoms with E-state index in [2.05, 4.69) is 35.1 Å². The highest BCUT2D eigenvalue weighted by Crippen LogP contribution is 2.39. The summed E-state index contributed by atoms with van der Waals surface area (Å²) in [5.41, 5.74) is 7.01. The van der Waals surface area contributed by atoms with E-state index >= 15 is 0 Å². The Balaban J connectivity index is 1.51. The number of amides is 1. The van der Waals surface area contributed by atoms with Crippen LogP contribution in [-0.2, 0) is 17.6 Å². The SMILES string of the molecule is Cc1cc(C2CCC2)ccc1-n1nc2c3c1CCN(C(=O)OC(C)(C)C)C3CNCC2. The first-order valence-electron chi connectivity index (χ1n) is 11.7. The van der Waals surface area contributed by atoms with Crippen LogP contribution in [-0.4, -0.2) is 46.0 Å². The maximum absolute atomic E-state index is 13.0. The normalized spacial score (nSPS) is 21.3. The molecule has 1 aromatic carbocycles. The lowest BCUT2D eigenvalue weighted by Crippen LogP contribution is -2.46. The molecule has 1 atom stereocenters. The maximum atomic E-state index is 13.0. The summed E-state index contributed by atoms with van der Waals surface area (Å²) in [5, 5.41) is 8.57. The van der Waals surface area contributed by atoms with Crippen LogP contribution in [0.4, 0.5) is 4.79 Å². The Hall–Kier alpha value is -2.34. The van der Waals surface area contributed by atoms with Crippen molar-refractivity contribution in [2.45, 2.75) is 77.4 Å². The summed E-state index contributed by atoms with van der Waals surface area (Å²) in [7, 11) is 0. The zero-order valence-corrected chi connectivity index (χ0v) is 19.2. The number of nitrogens with zero attached hydrogens (tertiary/aromatic N) is 3. The monoisotopic (exact) mass is 422 g/mol. The molecule has 1 N–H and O–H groups in total. The number of hydrogen-bond acceptors (Lipinski definition) is 4. The molecule has 166 valence electrons. The van der Waals surface area contributed by atoms with Gasteiger partial charge in [0.05, 0.1) is 23.1 Å². The van der Waals surface area contributed by atoms with Crippen molar-refractivity contribution in [1.82, 2.24) is 20.0 Å². The molecule has 1 saturated carbocycles. The second-order valence-electron chi connectivity index (χ2n) is 10.3. The van der Waals surface area contributed by atoms with Gasteiger partial charge in [0.15, 0.2) is 0 Å². The highest BCUT2D eigenvalue weighted by atomic mass is 16.6. The first-order chi connectivity index (χ1) is 14.8. The average Bonchev–Trinajstić information content (AvgIpc) is 2.87. The molecule has 1 fully saturated rings. The Morgan fingerprint density at radius 3 is 2.71 bits per heavy atom. The second-order valence-corrected chi connectivity index (χ2v) is 10.3. The van der Waals surface area contributed by atoms with E-state index in [0.29, 0.717) is 6.54 Å². The molecule has 0 radical (unpaired) electrons. The van der Waals surface area contributed by atoms with Gasteiger partial charge in [-0.15, -0.1) is 0 Å². The molecule has 1 aromatic heterocycles. The lowest BCUT2D eigenvalue weighted by molar-refractivity contribution is 0.0142. The minimum atomic E-state index is -0.498. The lowest BCUT2D eigenvalue weighted by atomic mass is 9.79. The van der Waals surface area contributed by atoms with Gasteiger partial charge in [-0.1, -0.05) is 18.6 Å². The Morgan fingerprint density at radius 2 is 2.03 bits per heavy atom. The molecule has 2 aromatic rings. The number of carbonyl (C=O) groups excluding carboxylic acids is 1. The molecule has 3 aliphatic rings. The summed E-state index contributed by atoms with van der Waals surface area (Å²) in [6.45, 7) is 10.2. The van der Waals surface area contributed by atoms with Gasteiger partial charge in [-0.2, -0.15) is 5.10 Å². The number of benzene rings is 1. The average molecular weight is 423 g/mol. The van der Waals surface area contributed by atoms with Gasteiger partial charge in [0.25, 0.3) is 0 Å². The van der Waals surface area contributed by atoms with Crippen molar-refractivity contribution in [2.75, 3.05) is 19.6 Å². The first kappa shape index (κ1) is 20.6. The lowest BCUT2D eigenvalue weighted by Gasteiger charge is -2.37. The minimum absolute atomic E-state index is 0.0283. The quantitative estimate of drug-likeness (QED) is 0.778. The summed E-state index contributed by atoms with van der Waals surface area (Å²) < 4.78 is 7.89. The third kappa shape index (κ3) is 3.75. The predicted molar refractivity (Wildman–Crippen MR) is 121 cm³/mol. The molecular formula is C25H34N4O2. The molecule has 6 heteroatoms. The molecule has 0 saturated heterocycles. The van der Waals surface area contributed by atoms with Crippen LogP contribution in [0.2, 0.25) is 0 Å². The van der Waals surface area contributed by atoms with Crippen molar-refractivity contribution < 1.29 is 9.53 Å². The number of aryl methyl sites for hydroxylation is 1. The van der Waals surface area contributed by atoms with Crippen molar-refractivity contribution >= 4 is 6.09 Å². The van der Waals surface area contributed by atoms with E-state index in [9.17, 15) is 4.79 Å². The number of hydrogen-bond donors (Lipinski definition) is 1. The fraction of sp³-hybridized carbons (Fsp3) is 0.600. The molecule has 2 aliphatic heterocycles. The Kier molecular flexibility index (Phi) is 5.08. The second kappa shape index (κ2) is 7.66. The Morgan fingerprint density at radius 1 is 1.23 bits per heavy atom. The standard InChI is InChI=1S/C25H34N4O2/c1-16-14-18(17-6-5-7-17)8-9-20(16)29-21-11-13-28(24(30)31-25(2,3)4)22-15-26-12-10-19(27-29)23(21)22/h8-9,14,17,22,26H,5-7,10-13,15H2,1-4H3. The van der Waals surface area contributed by atoms with Crippen molar-refractivity contribution in [3.8, 4) is 5.69 Å². The summed E-state index contributed by atoms with van der Waals surface area (Å²) in [6.07, 6.45) is 5.43. The van der Waals surface area contributed by atoms with Crippen LogP contribution in [0, 0.1) is 6.92 Å². The van der Waals surface area contributed by atoms with E-state index in [4.69, 9.17) is 9.84 Å². The molecule has 5 rings (SSSR count). The Labute approximate surface area is 185 Å². The van der Waals surface area contributed by atoms with Gasteiger partial charge in [-0.3, -0.25) is 4.90 Å². The van der Waals surface area contributed by atoms with Gasteiger partial charge in [0.2, 0.25) is 0 Å². The molecule has 1 amide bonds. The van der Waals surface area contributed by atoms with Crippen LogP contribution < -0.4 is 5.32 Å². The summed E-state index contributed by atoms with van der Waals surface area (Å²) in [6, 6.07) is 6.87. The number of carbonyl (C=O) groups is 1. The Bertz CT molecular complexity index is 1000. The molecule has 31 heavy (non-hydrogen) atoms. The summed E-state index contributed by atoms with van der Waals surface area (Å²) in [4.78, 5) is 14.9. The number of aromatic nitrogens is 2. The van der Waals surface area contributed by atoms with Crippen LogP contribution in [0.3, 0.4) is 0 Å². The molecule has 1 unspecified atom stereocenters. The van der Waals surface area contributed by atoms with E-state index in [1.807, 2.05) is 25.7 Å². The third-order valence-electron chi connectivity index (χ3n) is 6.93. The first-order valence-corrected chi connectivity index (χ1v) is 11.7. The van der Waals surface area contributed by atoms with Crippen LogP contribution in [0.25, 0.3) is 5.69 Å². The van der Waals surface area contributed by atoms with Crippen LogP contribution in [0.15, 0.2) is 18.2 Å². The van der Waals surface area contributed by atoms with E-state index in [-0.39, 0.29) is 12.1 Å². The van der Waals surface area contributed by atoms with E-state index in [0.717, 1.165) is 37.5 Å².